The first-order valence-corrected chi connectivity index (χ1v) is 6.39. The molecule has 2 nitrogen and oxygen atoms in total. The molecule has 0 saturated carbocycles. The Kier molecular flexibility index (Phi) is 4.42. The first-order chi connectivity index (χ1) is 9.49. The summed E-state index contributed by atoms with van der Waals surface area (Å²) in [5.41, 5.74) is 0.290. The van der Waals surface area contributed by atoms with Gasteiger partial charge in [-0.05, 0) is 30.3 Å². The summed E-state index contributed by atoms with van der Waals surface area (Å²) >= 11 is 11.8. The lowest BCUT2D eigenvalue weighted by molar-refractivity contribution is -0.130. The normalized spacial score (nSPS) is 11.4. The minimum Gasteiger partial charge on any atom is -0.478 e. The number of carboxylic acids is 1. The number of halogens is 3. The average molecular weight is 311 g/mol. The summed E-state index contributed by atoms with van der Waals surface area (Å²) in [5.74, 6) is -1.72. The van der Waals surface area contributed by atoms with Crippen molar-refractivity contribution < 1.29 is 14.3 Å². The quantitative estimate of drug-likeness (QED) is 0.655. The molecule has 0 aromatic heterocycles. The number of aliphatic carboxylic acids is 1. The van der Waals surface area contributed by atoms with Crippen molar-refractivity contribution >= 4 is 40.8 Å². The molecule has 0 radical (unpaired) electrons. The summed E-state index contributed by atoms with van der Waals surface area (Å²) in [5, 5.41) is 9.89. The molecule has 102 valence electrons. The zero-order chi connectivity index (χ0) is 14.7. The SMILES string of the molecule is O=C(O)/C(=C\c1ccccc1F)c1cc(Cl)ccc1Cl. The number of carboxylic acid groups (broad SMARTS) is 1. The monoisotopic (exact) mass is 310 g/mol. The molecule has 0 amide bonds. The van der Waals surface area contributed by atoms with E-state index in [9.17, 15) is 14.3 Å². The van der Waals surface area contributed by atoms with Gasteiger partial charge in [0, 0.05) is 21.2 Å². The van der Waals surface area contributed by atoms with Crippen LogP contribution in [0, 0.1) is 5.82 Å². The van der Waals surface area contributed by atoms with E-state index in [4.69, 9.17) is 23.2 Å². The molecular formula is C15H9Cl2FO2. The largest absolute Gasteiger partial charge is 0.478 e. The van der Waals surface area contributed by atoms with Crippen molar-refractivity contribution in [1.82, 2.24) is 0 Å². The Bertz CT molecular complexity index is 696. The Balaban J connectivity index is 2.61. The van der Waals surface area contributed by atoms with Crippen LogP contribution in [0.5, 0.6) is 0 Å². The zero-order valence-electron chi connectivity index (χ0n) is 10.1. The van der Waals surface area contributed by atoms with E-state index in [1.54, 1.807) is 12.1 Å². The van der Waals surface area contributed by atoms with Crippen LogP contribution in [-0.2, 0) is 4.79 Å². The molecule has 20 heavy (non-hydrogen) atoms. The van der Waals surface area contributed by atoms with Gasteiger partial charge in [0.15, 0.2) is 0 Å². The van der Waals surface area contributed by atoms with E-state index in [-0.39, 0.29) is 21.7 Å². The van der Waals surface area contributed by atoms with Gasteiger partial charge in [-0.2, -0.15) is 0 Å². The number of benzene rings is 2. The van der Waals surface area contributed by atoms with Crippen molar-refractivity contribution in [2.24, 2.45) is 0 Å². The van der Waals surface area contributed by atoms with Gasteiger partial charge in [-0.25, -0.2) is 9.18 Å². The van der Waals surface area contributed by atoms with E-state index < -0.39 is 11.8 Å². The first-order valence-electron chi connectivity index (χ1n) is 5.64. The second-order valence-electron chi connectivity index (χ2n) is 4.01. The smallest absolute Gasteiger partial charge is 0.336 e. The Morgan fingerprint density at radius 3 is 2.50 bits per heavy atom. The highest BCUT2D eigenvalue weighted by atomic mass is 35.5. The lowest BCUT2D eigenvalue weighted by Crippen LogP contribution is -2.01. The Morgan fingerprint density at radius 2 is 1.85 bits per heavy atom. The van der Waals surface area contributed by atoms with Crippen LogP contribution in [0.25, 0.3) is 11.6 Å². The standard InChI is InChI=1S/C15H9Cl2FO2/c16-10-5-6-13(17)11(8-10)12(15(19)20)7-9-3-1-2-4-14(9)18/h1-8H,(H,19,20)/b12-7-. The minimum atomic E-state index is -1.21. The number of hydrogen-bond donors (Lipinski definition) is 1. The van der Waals surface area contributed by atoms with Crippen LogP contribution in [0.3, 0.4) is 0 Å². The molecule has 5 heteroatoms. The molecule has 0 spiro atoms. The van der Waals surface area contributed by atoms with Gasteiger partial charge in [0.2, 0.25) is 0 Å². The molecular weight excluding hydrogens is 302 g/mol. The molecule has 0 aliphatic rings. The van der Waals surface area contributed by atoms with E-state index in [0.717, 1.165) is 0 Å². The second kappa shape index (κ2) is 6.07. The van der Waals surface area contributed by atoms with Crippen LogP contribution in [-0.4, -0.2) is 11.1 Å². The van der Waals surface area contributed by atoms with E-state index in [0.29, 0.717) is 5.02 Å². The Labute approximate surface area is 125 Å². The fourth-order valence-electron chi connectivity index (χ4n) is 1.71. The first kappa shape index (κ1) is 14.6. The van der Waals surface area contributed by atoms with Gasteiger partial charge < -0.3 is 5.11 Å². The topological polar surface area (TPSA) is 37.3 Å². The molecule has 0 aliphatic carbocycles. The average Bonchev–Trinajstić information content (AvgIpc) is 2.40. The molecule has 0 heterocycles. The number of hydrogen-bond acceptors (Lipinski definition) is 1. The molecule has 0 unspecified atom stereocenters. The van der Waals surface area contributed by atoms with Crippen LogP contribution < -0.4 is 0 Å². The summed E-state index contributed by atoms with van der Waals surface area (Å²) in [6, 6.07) is 10.4. The van der Waals surface area contributed by atoms with E-state index in [1.165, 1.54) is 36.4 Å². The molecule has 1 N–H and O–H groups in total. The second-order valence-corrected chi connectivity index (χ2v) is 4.85. The fourth-order valence-corrected chi connectivity index (χ4v) is 2.10. The maximum atomic E-state index is 13.6. The molecule has 0 atom stereocenters. The highest BCUT2D eigenvalue weighted by molar-refractivity contribution is 6.37. The van der Waals surface area contributed by atoms with Gasteiger partial charge >= 0.3 is 5.97 Å². The molecule has 0 saturated heterocycles. The Hall–Kier alpha value is -1.84. The lowest BCUT2D eigenvalue weighted by atomic mass is 10.0. The van der Waals surface area contributed by atoms with Gasteiger partial charge in [-0.15, -0.1) is 0 Å². The third-order valence-corrected chi connectivity index (χ3v) is 3.22. The van der Waals surface area contributed by atoms with Crippen molar-refractivity contribution in [3.63, 3.8) is 0 Å². The molecule has 0 bridgehead atoms. The summed E-state index contributed by atoms with van der Waals surface area (Å²) in [4.78, 5) is 11.4. The number of rotatable bonds is 3. The van der Waals surface area contributed by atoms with Crippen LogP contribution >= 0.6 is 23.2 Å². The van der Waals surface area contributed by atoms with E-state index in [1.807, 2.05) is 0 Å². The third-order valence-electron chi connectivity index (χ3n) is 2.65. The summed E-state index contributed by atoms with van der Waals surface area (Å²) in [6.45, 7) is 0. The molecule has 2 rings (SSSR count). The minimum absolute atomic E-state index is 0.123. The predicted molar refractivity (Wildman–Crippen MR) is 78.4 cm³/mol. The lowest BCUT2D eigenvalue weighted by Gasteiger charge is -2.07. The summed E-state index contributed by atoms with van der Waals surface area (Å²) in [7, 11) is 0. The highest BCUT2D eigenvalue weighted by Gasteiger charge is 2.15. The van der Waals surface area contributed by atoms with E-state index in [2.05, 4.69) is 0 Å². The van der Waals surface area contributed by atoms with Crippen LogP contribution in [0.2, 0.25) is 10.0 Å². The van der Waals surface area contributed by atoms with Crippen molar-refractivity contribution in [3.05, 3.63) is 69.5 Å². The maximum absolute atomic E-state index is 13.6. The molecule has 0 aliphatic heterocycles. The van der Waals surface area contributed by atoms with Crippen molar-refractivity contribution in [2.45, 2.75) is 0 Å². The van der Waals surface area contributed by atoms with Gasteiger partial charge in [-0.1, -0.05) is 41.4 Å². The third kappa shape index (κ3) is 3.18. The molecule has 2 aromatic rings. The summed E-state index contributed by atoms with van der Waals surface area (Å²) in [6.07, 6.45) is 1.23. The number of carbonyl (C=O) groups is 1. The van der Waals surface area contributed by atoms with Crippen LogP contribution in [0.4, 0.5) is 4.39 Å². The zero-order valence-corrected chi connectivity index (χ0v) is 11.6. The van der Waals surface area contributed by atoms with E-state index >= 15 is 0 Å². The Morgan fingerprint density at radius 1 is 1.15 bits per heavy atom. The molecule has 2 aromatic carbocycles. The molecule has 0 fully saturated rings. The van der Waals surface area contributed by atoms with Gasteiger partial charge in [-0.3, -0.25) is 0 Å². The fraction of sp³-hybridized carbons (Fsp3) is 0. The maximum Gasteiger partial charge on any atom is 0.336 e. The van der Waals surface area contributed by atoms with Gasteiger partial charge in [0.1, 0.15) is 5.82 Å². The summed E-state index contributed by atoms with van der Waals surface area (Å²) < 4.78 is 13.6. The van der Waals surface area contributed by atoms with Crippen molar-refractivity contribution in [2.75, 3.05) is 0 Å². The van der Waals surface area contributed by atoms with Crippen molar-refractivity contribution in [3.8, 4) is 0 Å². The predicted octanol–water partition coefficient (Wildman–Crippen LogP) is 4.76. The van der Waals surface area contributed by atoms with Crippen LogP contribution in [0.15, 0.2) is 42.5 Å². The van der Waals surface area contributed by atoms with Crippen LogP contribution in [0.1, 0.15) is 11.1 Å². The van der Waals surface area contributed by atoms with Gasteiger partial charge in [0.05, 0.1) is 5.57 Å². The highest BCUT2D eigenvalue weighted by Crippen LogP contribution is 2.29. The van der Waals surface area contributed by atoms with Crippen molar-refractivity contribution in [1.29, 1.82) is 0 Å². The van der Waals surface area contributed by atoms with Gasteiger partial charge in [0.25, 0.3) is 0 Å².